The van der Waals surface area contributed by atoms with E-state index in [1.165, 1.54) is 4.90 Å². The van der Waals surface area contributed by atoms with Gasteiger partial charge in [0.05, 0.1) is 18.0 Å². The zero-order chi connectivity index (χ0) is 16.4. The number of nitrogens with zero attached hydrogens (tertiary/aromatic N) is 2. The van der Waals surface area contributed by atoms with Gasteiger partial charge < -0.3 is 15.1 Å². The molecule has 2 N–H and O–H groups in total. The van der Waals surface area contributed by atoms with E-state index in [1.807, 2.05) is 30.3 Å². The Hall–Kier alpha value is -2.21. The van der Waals surface area contributed by atoms with Crippen LogP contribution in [0.4, 0.5) is 5.69 Å². The summed E-state index contributed by atoms with van der Waals surface area (Å²) in [4.78, 5) is 17.9. The Balaban J connectivity index is 2.23. The number of β-amino-alcohol motifs (C(OH)–C–C–N with tert-alkyl or cyclic N) is 1. The molecule has 1 unspecified atom stereocenters. The molecule has 0 aromatic heterocycles. The molecule has 3 rings (SSSR count). The van der Waals surface area contributed by atoms with Gasteiger partial charge in [0.2, 0.25) is 6.23 Å². The number of amides is 1. The molecule has 1 atom stereocenters. The van der Waals surface area contributed by atoms with E-state index >= 15 is 0 Å². The van der Waals surface area contributed by atoms with Gasteiger partial charge in [-0.2, -0.15) is 0 Å². The number of rotatable bonds is 3. The van der Waals surface area contributed by atoms with Crippen LogP contribution in [0.25, 0.3) is 0 Å². The standard InChI is InChI=1S/C17H15ClN2O3/c18-12-6-7-14-13(10-12)15(11-4-2-1-3-5-11)19-16(22)17(23)20(14)8-9-21/h1-7,10,16,21-22H,8-9H2. The fourth-order valence-corrected chi connectivity index (χ4v) is 2.77. The fraction of sp³-hybridized carbons (Fsp3) is 0.176. The van der Waals surface area contributed by atoms with Crippen LogP contribution in [0.3, 0.4) is 0 Å². The van der Waals surface area contributed by atoms with Gasteiger partial charge in [0.15, 0.2) is 0 Å². The summed E-state index contributed by atoms with van der Waals surface area (Å²) in [5.74, 6) is -0.575. The molecule has 0 saturated carbocycles. The number of carbonyl (C=O) groups excluding carboxylic acids is 1. The summed E-state index contributed by atoms with van der Waals surface area (Å²) in [7, 11) is 0. The van der Waals surface area contributed by atoms with E-state index in [9.17, 15) is 15.0 Å². The molecule has 6 heteroatoms. The summed E-state index contributed by atoms with van der Waals surface area (Å²) in [6, 6.07) is 14.3. The summed E-state index contributed by atoms with van der Waals surface area (Å²) >= 11 is 6.11. The number of aliphatic hydroxyl groups excluding tert-OH is 2. The van der Waals surface area contributed by atoms with Crippen LogP contribution in [0, 0.1) is 0 Å². The van der Waals surface area contributed by atoms with E-state index in [4.69, 9.17) is 11.6 Å². The maximum atomic E-state index is 12.4. The summed E-state index contributed by atoms with van der Waals surface area (Å²) in [6.45, 7) is -0.149. The maximum Gasteiger partial charge on any atom is 0.278 e. The van der Waals surface area contributed by atoms with Crippen molar-refractivity contribution in [3.05, 3.63) is 64.7 Å². The van der Waals surface area contributed by atoms with Gasteiger partial charge in [0.25, 0.3) is 5.91 Å². The average Bonchev–Trinajstić information content (AvgIpc) is 2.66. The predicted octanol–water partition coefficient (Wildman–Crippen LogP) is 1.83. The molecule has 5 nitrogen and oxygen atoms in total. The van der Waals surface area contributed by atoms with Crippen LogP contribution in [0.2, 0.25) is 5.02 Å². The van der Waals surface area contributed by atoms with Crippen molar-refractivity contribution in [2.75, 3.05) is 18.1 Å². The average molecular weight is 331 g/mol. The van der Waals surface area contributed by atoms with Crippen LogP contribution in [0.15, 0.2) is 53.5 Å². The SMILES string of the molecule is O=C1C(O)N=C(c2ccccc2)c2cc(Cl)ccc2N1CCO. The molecular formula is C17H15ClN2O3. The van der Waals surface area contributed by atoms with Crippen molar-refractivity contribution in [3.63, 3.8) is 0 Å². The van der Waals surface area contributed by atoms with Crippen LogP contribution in [-0.4, -0.2) is 41.2 Å². The highest BCUT2D eigenvalue weighted by atomic mass is 35.5. The van der Waals surface area contributed by atoms with Crippen LogP contribution in [-0.2, 0) is 4.79 Å². The number of carbonyl (C=O) groups is 1. The van der Waals surface area contributed by atoms with Gasteiger partial charge in [-0.15, -0.1) is 0 Å². The molecule has 0 fully saturated rings. The molecule has 0 radical (unpaired) electrons. The first kappa shape index (κ1) is 15.7. The topological polar surface area (TPSA) is 73.1 Å². The number of hydrogen-bond donors (Lipinski definition) is 2. The number of aliphatic imine (C=N–C) groups is 1. The Labute approximate surface area is 138 Å². The van der Waals surface area contributed by atoms with Crippen LogP contribution in [0.5, 0.6) is 0 Å². The third-order valence-electron chi connectivity index (χ3n) is 3.61. The Bertz CT molecular complexity index is 762. The molecule has 2 aromatic rings. The van der Waals surface area contributed by atoms with Gasteiger partial charge in [0.1, 0.15) is 0 Å². The van der Waals surface area contributed by atoms with E-state index in [0.29, 0.717) is 22.0 Å². The second kappa shape index (κ2) is 6.50. The molecular weight excluding hydrogens is 316 g/mol. The van der Waals surface area contributed by atoms with E-state index < -0.39 is 12.1 Å². The number of fused-ring (bicyclic) bond motifs is 1. The van der Waals surface area contributed by atoms with Gasteiger partial charge in [-0.05, 0) is 18.2 Å². The van der Waals surface area contributed by atoms with Crippen molar-refractivity contribution in [3.8, 4) is 0 Å². The number of hydrogen-bond acceptors (Lipinski definition) is 4. The van der Waals surface area contributed by atoms with Gasteiger partial charge in [-0.25, -0.2) is 4.99 Å². The number of benzodiazepines with no additional fused rings is 1. The number of aliphatic hydroxyl groups is 2. The first-order valence-electron chi connectivity index (χ1n) is 7.15. The summed E-state index contributed by atoms with van der Waals surface area (Å²) in [5.41, 5.74) is 2.47. The minimum atomic E-state index is -1.53. The molecule has 1 aliphatic heterocycles. The first-order valence-corrected chi connectivity index (χ1v) is 7.53. The fourth-order valence-electron chi connectivity index (χ4n) is 2.60. The lowest BCUT2D eigenvalue weighted by molar-refractivity contribution is -0.126. The summed E-state index contributed by atoms with van der Waals surface area (Å²) in [5, 5.41) is 19.9. The van der Waals surface area contributed by atoms with Crippen molar-refractivity contribution in [2.45, 2.75) is 6.23 Å². The van der Waals surface area contributed by atoms with Gasteiger partial charge in [0, 0.05) is 22.7 Å². The highest BCUT2D eigenvalue weighted by Gasteiger charge is 2.30. The van der Waals surface area contributed by atoms with Crippen molar-refractivity contribution in [1.82, 2.24) is 0 Å². The van der Waals surface area contributed by atoms with Crippen molar-refractivity contribution < 1.29 is 15.0 Å². The molecule has 0 saturated heterocycles. The maximum absolute atomic E-state index is 12.4. The summed E-state index contributed by atoms with van der Waals surface area (Å²) < 4.78 is 0. The van der Waals surface area contributed by atoms with E-state index in [1.54, 1.807) is 18.2 Å². The third-order valence-corrected chi connectivity index (χ3v) is 3.85. The second-order valence-corrected chi connectivity index (χ2v) is 5.53. The molecule has 2 aromatic carbocycles. The predicted molar refractivity (Wildman–Crippen MR) is 89.0 cm³/mol. The quantitative estimate of drug-likeness (QED) is 0.902. The Morgan fingerprint density at radius 2 is 1.91 bits per heavy atom. The molecule has 23 heavy (non-hydrogen) atoms. The number of halogens is 1. The van der Waals surface area contributed by atoms with Crippen molar-refractivity contribution >= 4 is 28.9 Å². The smallest absolute Gasteiger partial charge is 0.278 e. The van der Waals surface area contributed by atoms with Crippen LogP contribution < -0.4 is 4.90 Å². The Morgan fingerprint density at radius 1 is 1.17 bits per heavy atom. The van der Waals surface area contributed by atoms with Gasteiger partial charge in [-0.1, -0.05) is 41.9 Å². The van der Waals surface area contributed by atoms with Crippen molar-refractivity contribution in [2.24, 2.45) is 4.99 Å². The lowest BCUT2D eigenvalue weighted by atomic mass is 10.0. The van der Waals surface area contributed by atoms with E-state index in [0.717, 1.165) is 5.56 Å². The molecule has 118 valence electrons. The van der Waals surface area contributed by atoms with E-state index in [-0.39, 0.29) is 13.2 Å². The molecule has 0 bridgehead atoms. The molecule has 0 aliphatic carbocycles. The van der Waals surface area contributed by atoms with Crippen LogP contribution >= 0.6 is 11.6 Å². The Morgan fingerprint density at radius 3 is 2.61 bits per heavy atom. The second-order valence-electron chi connectivity index (χ2n) is 5.09. The zero-order valence-corrected chi connectivity index (χ0v) is 12.9. The number of benzene rings is 2. The molecule has 1 amide bonds. The molecule has 1 heterocycles. The summed E-state index contributed by atoms with van der Waals surface area (Å²) in [6.07, 6.45) is -1.53. The van der Waals surface area contributed by atoms with Gasteiger partial charge >= 0.3 is 0 Å². The highest BCUT2D eigenvalue weighted by molar-refractivity contribution is 6.32. The first-order chi connectivity index (χ1) is 11.1. The monoisotopic (exact) mass is 330 g/mol. The largest absolute Gasteiger partial charge is 0.395 e. The zero-order valence-electron chi connectivity index (χ0n) is 12.2. The van der Waals surface area contributed by atoms with E-state index in [2.05, 4.69) is 4.99 Å². The minimum absolute atomic E-state index is 0.0715. The minimum Gasteiger partial charge on any atom is -0.395 e. The lowest BCUT2D eigenvalue weighted by Gasteiger charge is -2.23. The highest BCUT2D eigenvalue weighted by Crippen LogP contribution is 2.30. The third kappa shape index (κ3) is 2.99. The Kier molecular flexibility index (Phi) is 4.43. The molecule has 1 aliphatic rings. The van der Waals surface area contributed by atoms with Gasteiger partial charge in [-0.3, -0.25) is 4.79 Å². The number of anilines is 1. The molecule has 0 spiro atoms. The lowest BCUT2D eigenvalue weighted by Crippen LogP contribution is -2.39. The van der Waals surface area contributed by atoms with Crippen LogP contribution in [0.1, 0.15) is 11.1 Å². The van der Waals surface area contributed by atoms with Crippen molar-refractivity contribution in [1.29, 1.82) is 0 Å². The normalized spacial score (nSPS) is 17.5.